The first kappa shape index (κ1) is 21.4. The minimum atomic E-state index is 0. The molecule has 2 nitrogen and oxygen atoms in total. The van der Waals surface area contributed by atoms with Crippen LogP contribution in [-0.2, 0) is 6.42 Å². The van der Waals surface area contributed by atoms with Gasteiger partial charge in [-0.05, 0) is 92.8 Å². The SMILES string of the molecule is Cl.Cl.c1cc([C@@H]2CC[C@@H]3CN(CC4CC4)C[C@@H]32)ccc1CCN1CCCC1. The highest BCUT2D eigenvalue weighted by Crippen LogP contribution is 2.48. The lowest BCUT2D eigenvalue weighted by atomic mass is 9.86. The predicted octanol–water partition coefficient (Wildman–Crippen LogP) is 5.00. The lowest BCUT2D eigenvalue weighted by molar-refractivity contribution is 0.294. The molecule has 2 aliphatic heterocycles. The first-order chi connectivity index (χ1) is 12.3. The zero-order valence-corrected chi connectivity index (χ0v) is 18.2. The molecule has 27 heavy (non-hydrogen) atoms. The minimum Gasteiger partial charge on any atom is -0.303 e. The number of fused-ring (bicyclic) bond motifs is 1. The first-order valence-electron chi connectivity index (χ1n) is 10.9. The molecule has 152 valence electrons. The molecule has 0 N–H and O–H groups in total. The predicted molar refractivity (Wildman–Crippen MR) is 118 cm³/mol. The molecule has 5 rings (SSSR count). The smallest absolute Gasteiger partial charge is 0.00218 e. The second-order valence-electron chi connectivity index (χ2n) is 9.31. The van der Waals surface area contributed by atoms with Gasteiger partial charge in [-0.15, -0.1) is 24.8 Å². The zero-order valence-electron chi connectivity index (χ0n) is 16.5. The van der Waals surface area contributed by atoms with Gasteiger partial charge in [0.2, 0.25) is 0 Å². The third kappa shape index (κ3) is 5.01. The van der Waals surface area contributed by atoms with Crippen molar-refractivity contribution in [3.05, 3.63) is 35.4 Å². The average Bonchev–Trinajstić information content (AvgIpc) is 3.01. The van der Waals surface area contributed by atoms with Crippen molar-refractivity contribution in [2.75, 3.05) is 39.3 Å². The third-order valence-electron chi connectivity index (χ3n) is 7.47. The molecule has 1 aromatic carbocycles. The molecule has 1 aromatic rings. The summed E-state index contributed by atoms with van der Waals surface area (Å²) in [6, 6.07) is 9.79. The van der Waals surface area contributed by atoms with E-state index in [-0.39, 0.29) is 24.8 Å². The van der Waals surface area contributed by atoms with E-state index in [4.69, 9.17) is 0 Å². The summed E-state index contributed by atoms with van der Waals surface area (Å²) >= 11 is 0. The van der Waals surface area contributed by atoms with Crippen molar-refractivity contribution < 1.29 is 0 Å². The fourth-order valence-electron chi connectivity index (χ4n) is 5.81. The van der Waals surface area contributed by atoms with Crippen molar-refractivity contribution in [3.8, 4) is 0 Å². The maximum absolute atomic E-state index is 2.80. The van der Waals surface area contributed by atoms with Gasteiger partial charge in [-0.25, -0.2) is 0 Å². The molecule has 2 saturated heterocycles. The van der Waals surface area contributed by atoms with Crippen LogP contribution < -0.4 is 0 Å². The van der Waals surface area contributed by atoms with Gasteiger partial charge in [-0.3, -0.25) is 0 Å². The highest BCUT2D eigenvalue weighted by Gasteiger charge is 2.43. The van der Waals surface area contributed by atoms with Gasteiger partial charge in [0.05, 0.1) is 0 Å². The van der Waals surface area contributed by atoms with Gasteiger partial charge in [0.15, 0.2) is 0 Å². The van der Waals surface area contributed by atoms with Crippen LogP contribution in [-0.4, -0.2) is 49.1 Å². The van der Waals surface area contributed by atoms with Gasteiger partial charge in [0, 0.05) is 26.2 Å². The Morgan fingerprint density at radius 2 is 1.56 bits per heavy atom. The number of nitrogens with zero attached hydrogens (tertiary/aromatic N) is 2. The van der Waals surface area contributed by atoms with Gasteiger partial charge < -0.3 is 9.80 Å². The van der Waals surface area contributed by atoms with Gasteiger partial charge in [-0.2, -0.15) is 0 Å². The number of rotatable bonds is 6. The van der Waals surface area contributed by atoms with Crippen molar-refractivity contribution in [1.82, 2.24) is 9.80 Å². The van der Waals surface area contributed by atoms with E-state index < -0.39 is 0 Å². The monoisotopic (exact) mass is 410 g/mol. The molecule has 0 radical (unpaired) electrons. The molecular weight excluding hydrogens is 375 g/mol. The lowest BCUT2D eigenvalue weighted by Crippen LogP contribution is -2.25. The summed E-state index contributed by atoms with van der Waals surface area (Å²) in [5.41, 5.74) is 3.16. The summed E-state index contributed by atoms with van der Waals surface area (Å²) in [6.45, 7) is 8.06. The Morgan fingerprint density at radius 3 is 2.26 bits per heavy atom. The molecule has 0 spiro atoms. The molecule has 4 aliphatic rings. The zero-order chi connectivity index (χ0) is 16.6. The summed E-state index contributed by atoms with van der Waals surface area (Å²) < 4.78 is 0. The molecule has 0 amide bonds. The maximum Gasteiger partial charge on any atom is 0.00218 e. The highest BCUT2D eigenvalue weighted by atomic mass is 35.5. The summed E-state index contributed by atoms with van der Waals surface area (Å²) in [4.78, 5) is 5.42. The summed E-state index contributed by atoms with van der Waals surface area (Å²) in [6.07, 6.45) is 9.92. The Hall–Kier alpha value is -0.280. The number of hydrogen-bond donors (Lipinski definition) is 0. The topological polar surface area (TPSA) is 6.48 Å². The van der Waals surface area contributed by atoms with E-state index in [9.17, 15) is 0 Å². The fourth-order valence-corrected chi connectivity index (χ4v) is 5.81. The number of halogens is 2. The Bertz CT molecular complexity index is 581. The van der Waals surface area contributed by atoms with Crippen molar-refractivity contribution in [1.29, 1.82) is 0 Å². The van der Waals surface area contributed by atoms with Crippen molar-refractivity contribution in [2.45, 2.75) is 50.9 Å². The van der Waals surface area contributed by atoms with E-state index in [1.54, 1.807) is 5.56 Å². The van der Waals surface area contributed by atoms with Crippen LogP contribution in [0, 0.1) is 17.8 Å². The lowest BCUT2D eigenvalue weighted by Gasteiger charge is -2.21. The molecule has 0 aromatic heterocycles. The van der Waals surface area contributed by atoms with E-state index in [1.807, 2.05) is 0 Å². The third-order valence-corrected chi connectivity index (χ3v) is 7.47. The van der Waals surface area contributed by atoms with Crippen molar-refractivity contribution in [2.24, 2.45) is 17.8 Å². The van der Waals surface area contributed by atoms with Crippen LogP contribution in [0.2, 0.25) is 0 Å². The Balaban J connectivity index is 0.00000105. The van der Waals surface area contributed by atoms with Gasteiger partial charge >= 0.3 is 0 Å². The second-order valence-corrected chi connectivity index (χ2v) is 9.31. The summed E-state index contributed by atoms with van der Waals surface area (Å²) in [7, 11) is 0. The normalized spacial score (nSPS) is 30.7. The Labute approximate surface area is 177 Å². The van der Waals surface area contributed by atoms with Crippen LogP contribution in [0.3, 0.4) is 0 Å². The quantitative estimate of drug-likeness (QED) is 0.650. The maximum atomic E-state index is 2.80. The van der Waals surface area contributed by atoms with Gasteiger partial charge in [0.25, 0.3) is 0 Å². The van der Waals surface area contributed by atoms with E-state index in [0.29, 0.717) is 0 Å². The van der Waals surface area contributed by atoms with E-state index in [0.717, 1.165) is 23.7 Å². The fraction of sp³-hybridized carbons (Fsp3) is 0.739. The molecule has 4 fully saturated rings. The molecule has 2 saturated carbocycles. The molecule has 2 aliphatic carbocycles. The largest absolute Gasteiger partial charge is 0.303 e. The summed E-state index contributed by atoms with van der Waals surface area (Å²) in [5.74, 6) is 3.81. The molecule has 3 atom stereocenters. The summed E-state index contributed by atoms with van der Waals surface area (Å²) in [5, 5.41) is 0. The van der Waals surface area contributed by atoms with Crippen molar-refractivity contribution in [3.63, 3.8) is 0 Å². The van der Waals surface area contributed by atoms with Crippen LogP contribution >= 0.6 is 24.8 Å². The van der Waals surface area contributed by atoms with E-state index in [1.165, 1.54) is 89.8 Å². The highest BCUT2D eigenvalue weighted by molar-refractivity contribution is 5.85. The van der Waals surface area contributed by atoms with Gasteiger partial charge in [0.1, 0.15) is 0 Å². The van der Waals surface area contributed by atoms with E-state index in [2.05, 4.69) is 34.1 Å². The number of likely N-dealkylation sites (tertiary alicyclic amines) is 2. The molecular formula is C23H36Cl2N2. The van der Waals surface area contributed by atoms with Crippen LogP contribution in [0.25, 0.3) is 0 Å². The molecule has 0 unspecified atom stereocenters. The van der Waals surface area contributed by atoms with Crippen LogP contribution in [0.5, 0.6) is 0 Å². The van der Waals surface area contributed by atoms with Crippen LogP contribution in [0.15, 0.2) is 24.3 Å². The number of benzene rings is 1. The van der Waals surface area contributed by atoms with Crippen LogP contribution in [0.4, 0.5) is 0 Å². The van der Waals surface area contributed by atoms with Gasteiger partial charge in [-0.1, -0.05) is 24.3 Å². The van der Waals surface area contributed by atoms with Crippen LogP contribution in [0.1, 0.15) is 55.6 Å². The average molecular weight is 411 g/mol. The first-order valence-corrected chi connectivity index (χ1v) is 10.9. The molecule has 4 heteroatoms. The van der Waals surface area contributed by atoms with Crippen molar-refractivity contribution >= 4 is 24.8 Å². The second kappa shape index (κ2) is 9.48. The number of hydrogen-bond acceptors (Lipinski definition) is 2. The standard InChI is InChI=1S/C23H34N2.2ClH/c1-2-13-24(12-1)14-11-18-5-7-20(8-6-18)22-10-9-21-16-25(17-23(21)22)15-19-3-4-19;;/h5-8,19,21-23H,1-4,9-17H2;2*1H/t21-,22+,23+;;/m1../s1. The molecule has 0 bridgehead atoms. The minimum absolute atomic E-state index is 0. The Kier molecular flexibility index (Phi) is 7.52. The van der Waals surface area contributed by atoms with E-state index >= 15 is 0 Å². The molecule has 2 heterocycles. The Morgan fingerprint density at radius 1 is 0.815 bits per heavy atom.